The third kappa shape index (κ3) is 2.12. The van der Waals surface area contributed by atoms with Gasteiger partial charge in [-0.2, -0.15) is 0 Å². The summed E-state index contributed by atoms with van der Waals surface area (Å²) in [6, 6.07) is 15.0. The van der Waals surface area contributed by atoms with Gasteiger partial charge in [-0.05, 0) is 33.6 Å². The van der Waals surface area contributed by atoms with Crippen LogP contribution in [0.25, 0.3) is 22.2 Å². The average Bonchev–Trinajstić information content (AvgIpc) is 2.48. The molecule has 0 amide bonds. The molecule has 1 aromatic heterocycles. The van der Waals surface area contributed by atoms with Crippen LogP contribution in [0.4, 0.5) is 0 Å². The zero-order valence-corrected chi connectivity index (χ0v) is 12.4. The van der Waals surface area contributed by atoms with Crippen LogP contribution in [0.2, 0.25) is 0 Å². The van der Waals surface area contributed by atoms with Crippen LogP contribution in [0.3, 0.4) is 0 Å². The van der Waals surface area contributed by atoms with E-state index in [1.54, 1.807) is 19.2 Å². The molecule has 0 spiro atoms. The van der Waals surface area contributed by atoms with Gasteiger partial charge in [-0.3, -0.25) is 4.79 Å². The van der Waals surface area contributed by atoms with E-state index in [9.17, 15) is 4.79 Å². The summed E-state index contributed by atoms with van der Waals surface area (Å²) in [5.74, 6) is 0.636. The van der Waals surface area contributed by atoms with E-state index in [1.807, 2.05) is 36.4 Å². The molecule has 1 heterocycles. The number of hydrogen-bond acceptors (Lipinski definition) is 2. The Labute approximate surface area is 124 Å². The third-order valence-electron chi connectivity index (χ3n) is 3.20. The van der Waals surface area contributed by atoms with Crippen LogP contribution < -0.4 is 10.2 Å². The van der Waals surface area contributed by atoms with E-state index in [0.717, 1.165) is 15.7 Å². The molecule has 0 unspecified atom stereocenters. The largest absolute Gasteiger partial charge is 0.493 e. The highest BCUT2D eigenvalue weighted by Crippen LogP contribution is 2.32. The molecule has 1 N–H and O–H groups in total. The maximum atomic E-state index is 12.3. The Balaban J connectivity index is 2.36. The van der Waals surface area contributed by atoms with Gasteiger partial charge in [0.1, 0.15) is 0 Å². The van der Waals surface area contributed by atoms with Gasteiger partial charge in [0.15, 0.2) is 11.2 Å². The van der Waals surface area contributed by atoms with Gasteiger partial charge in [0.25, 0.3) is 0 Å². The fourth-order valence-electron chi connectivity index (χ4n) is 2.24. The quantitative estimate of drug-likeness (QED) is 0.773. The van der Waals surface area contributed by atoms with Crippen molar-refractivity contribution in [3.8, 4) is 17.0 Å². The normalized spacial score (nSPS) is 10.7. The van der Waals surface area contributed by atoms with Crippen molar-refractivity contribution in [3.63, 3.8) is 0 Å². The SMILES string of the molecule is COc1c(Br)ccc2c(=O)cc(-c3ccccc3)[nH]c12. The van der Waals surface area contributed by atoms with E-state index >= 15 is 0 Å². The monoisotopic (exact) mass is 329 g/mol. The molecule has 0 saturated heterocycles. The third-order valence-corrected chi connectivity index (χ3v) is 3.82. The summed E-state index contributed by atoms with van der Waals surface area (Å²) >= 11 is 3.44. The number of ether oxygens (including phenoxy) is 1. The molecule has 0 bridgehead atoms. The minimum Gasteiger partial charge on any atom is -0.493 e. The van der Waals surface area contributed by atoms with E-state index < -0.39 is 0 Å². The number of rotatable bonds is 2. The fourth-order valence-corrected chi connectivity index (χ4v) is 2.73. The molecule has 3 nitrogen and oxygen atoms in total. The summed E-state index contributed by atoms with van der Waals surface area (Å²) in [5.41, 5.74) is 2.42. The molecule has 100 valence electrons. The van der Waals surface area contributed by atoms with Gasteiger partial charge in [-0.25, -0.2) is 0 Å². The van der Waals surface area contributed by atoms with Crippen LogP contribution in [0.1, 0.15) is 0 Å². The average molecular weight is 330 g/mol. The number of aromatic nitrogens is 1. The molecule has 0 aliphatic rings. The molecule has 0 atom stereocenters. The van der Waals surface area contributed by atoms with Crippen molar-refractivity contribution in [2.24, 2.45) is 0 Å². The topological polar surface area (TPSA) is 42.1 Å². The van der Waals surface area contributed by atoms with Crippen molar-refractivity contribution >= 4 is 26.8 Å². The molecular formula is C16H12BrNO2. The maximum absolute atomic E-state index is 12.3. The van der Waals surface area contributed by atoms with Crippen LogP contribution in [0.5, 0.6) is 5.75 Å². The van der Waals surface area contributed by atoms with Crippen molar-refractivity contribution < 1.29 is 4.74 Å². The zero-order chi connectivity index (χ0) is 14.1. The van der Waals surface area contributed by atoms with E-state index in [4.69, 9.17) is 4.74 Å². The van der Waals surface area contributed by atoms with Gasteiger partial charge in [0.2, 0.25) is 0 Å². The highest BCUT2D eigenvalue weighted by Gasteiger charge is 2.11. The number of benzene rings is 2. The van der Waals surface area contributed by atoms with E-state index in [2.05, 4.69) is 20.9 Å². The Kier molecular flexibility index (Phi) is 3.32. The Hall–Kier alpha value is -2.07. The predicted molar refractivity (Wildman–Crippen MR) is 84.3 cm³/mol. The summed E-state index contributed by atoms with van der Waals surface area (Å²) in [7, 11) is 1.59. The van der Waals surface area contributed by atoms with Gasteiger partial charge in [0.05, 0.1) is 17.1 Å². The molecule has 3 aromatic rings. The molecular weight excluding hydrogens is 318 g/mol. The zero-order valence-electron chi connectivity index (χ0n) is 10.8. The Morgan fingerprint density at radius 3 is 2.55 bits per heavy atom. The predicted octanol–water partition coefficient (Wildman–Crippen LogP) is 3.97. The first-order valence-corrected chi connectivity index (χ1v) is 6.95. The summed E-state index contributed by atoms with van der Waals surface area (Å²) in [5, 5.41) is 0.615. The lowest BCUT2D eigenvalue weighted by atomic mass is 10.1. The molecule has 0 aliphatic heterocycles. The molecule has 3 rings (SSSR count). The molecule has 0 radical (unpaired) electrons. The minimum atomic E-state index is -0.0246. The second-order valence-electron chi connectivity index (χ2n) is 4.42. The maximum Gasteiger partial charge on any atom is 0.190 e. The molecule has 0 saturated carbocycles. The van der Waals surface area contributed by atoms with Crippen molar-refractivity contribution in [2.45, 2.75) is 0 Å². The van der Waals surface area contributed by atoms with Gasteiger partial charge in [0, 0.05) is 17.1 Å². The molecule has 0 aliphatic carbocycles. The highest BCUT2D eigenvalue weighted by molar-refractivity contribution is 9.10. The lowest BCUT2D eigenvalue weighted by molar-refractivity contribution is 0.416. The van der Waals surface area contributed by atoms with Crippen molar-refractivity contribution in [1.82, 2.24) is 4.98 Å². The number of methoxy groups -OCH3 is 1. The highest BCUT2D eigenvalue weighted by atomic mass is 79.9. The Morgan fingerprint density at radius 1 is 1.10 bits per heavy atom. The van der Waals surface area contributed by atoms with Crippen LogP contribution >= 0.6 is 15.9 Å². The first kappa shape index (κ1) is 12.9. The lowest BCUT2D eigenvalue weighted by Gasteiger charge is -2.10. The number of nitrogens with one attached hydrogen (secondary N) is 1. The summed E-state index contributed by atoms with van der Waals surface area (Å²) in [6.07, 6.45) is 0. The van der Waals surface area contributed by atoms with Crippen LogP contribution in [0.15, 0.2) is 57.8 Å². The van der Waals surface area contributed by atoms with E-state index in [1.165, 1.54) is 0 Å². The minimum absolute atomic E-state index is 0.0246. The van der Waals surface area contributed by atoms with Crippen LogP contribution in [-0.2, 0) is 0 Å². The van der Waals surface area contributed by atoms with Crippen LogP contribution in [0, 0.1) is 0 Å². The molecule has 2 aromatic carbocycles. The van der Waals surface area contributed by atoms with Gasteiger partial charge < -0.3 is 9.72 Å². The fraction of sp³-hybridized carbons (Fsp3) is 0.0625. The van der Waals surface area contributed by atoms with Crippen LogP contribution in [-0.4, -0.2) is 12.1 Å². The Morgan fingerprint density at radius 2 is 1.85 bits per heavy atom. The Bertz CT molecular complexity index is 825. The molecule has 0 fully saturated rings. The molecule has 4 heteroatoms. The van der Waals surface area contributed by atoms with Crippen molar-refractivity contribution in [2.75, 3.05) is 7.11 Å². The first-order valence-electron chi connectivity index (χ1n) is 6.15. The number of fused-ring (bicyclic) bond motifs is 1. The standard InChI is InChI=1S/C16H12BrNO2/c1-20-16-12(17)8-7-11-14(19)9-13(18-15(11)16)10-5-3-2-4-6-10/h2-9H,1H3,(H,18,19). The number of hydrogen-bond donors (Lipinski definition) is 1. The number of pyridine rings is 1. The summed E-state index contributed by atoms with van der Waals surface area (Å²) in [4.78, 5) is 15.6. The van der Waals surface area contributed by atoms with E-state index in [-0.39, 0.29) is 5.43 Å². The van der Waals surface area contributed by atoms with Gasteiger partial charge >= 0.3 is 0 Å². The number of halogens is 1. The van der Waals surface area contributed by atoms with Gasteiger partial charge in [-0.1, -0.05) is 30.3 Å². The van der Waals surface area contributed by atoms with Crippen molar-refractivity contribution in [3.05, 3.63) is 63.2 Å². The molecule has 20 heavy (non-hydrogen) atoms. The summed E-state index contributed by atoms with van der Waals surface area (Å²) < 4.78 is 6.20. The first-order chi connectivity index (χ1) is 9.70. The second-order valence-corrected chi connectivity index (χ2v) is 5.27. The lowest BCUT2D eigenvalue weighted by Crippen LogP contribution is -2.04. The smallest absolute Gasteiger partial charge is 0.190 e. The summed E-state index contributed by atoms with van der Waals surface area (Å²) in [6.45, 7) is 0. The number of aromatic amines is 1. The van der Waals surface area contributed by atoms with E-state index in [0.29, 0.717) is 16.7 Å². The van der Waals surface area contributed by atoms with Gasteiger partial charge in [-0.15, -0.1) is 0 Å². The second kappa shape index (κ2) is 5.13. The number of H-pyrrole nitrogens is 1. The van der Waals surface area contributed by atoms with Crippen molar-refractivity contribution in [1.29, 1.82) is 0 Å².